The van der Waals surface area contributed by atoms with E-state index in [1.165, 1.54) is 6.33 Å². The van der Waals surface area contributed by atoms with E-state index < -0.39 is 0 Å². The molecule has 6 heteroatoms. The second kappa shape index (κ2) is 6.90. The molecule has 0 unspecified atom stereocenters. The summed E-state index contributed by atoms with van der Waals surface area (Å²) < 4.78 is 5.88. The maximum absolute atomic E-state index is 6.19. The van der Waals surface area contributed by atoms with Gasteiger partial charge in [-0.15, -0.1) is 0 Å². The lowest BCUT2D eigenvalue weighted by atomic mass is 10.1. The van der Waals surface area contributed by atoms with Gasteiger partial charge in [0.05, 0.1) is 10.7 Å². The number of hydrogen-bond acceptors (Lipinski definition) is 5. The number of nitrogens with one attached hydrogen (secondary N) is 1. The lowest BCUT2D eigenvalue weighted by molar-refractivity contribution is 0.465. The Morgan fingerprint density at radius 3 is 2.50 bits per heavy atom. The molecule has 0 saturated carbocycles. The number of nitrogens with zero attached hydrogens (tertiary/aromatic N) is 2. The highest BCUT2D eigenvalue weighted by molar-refractivity contribution is 6.33. The Labute approximate surface area is 155 Å². The van der Waals surface area contributed by atoms with Gasteiger partial charge in [0.1, 0.15) is 17.8 Å². The van der Waals surface area contributed by atoms with Crippen LogP contribution in [0.3, 0.4) is 0 Å². The molecule has 128 valence electrons. The average Bonchev–Trinajstić information content (AvgIpc) is 2.66. The summed E-state index contributed by atoms with van der Waals surface area (Å²) in [6.07, 6.45) is 1.39. The van der Waals surface area contributed by atoms with Crippen molar-refractivity contribution < 1.29 is 4.74 Å². The molecule has 0 saturated heterocycles. The molecule has 0 aliphatic carbocycles. The molecule has 0 radical (unpaired) electrons. The van der Waals surface area contributed by atoms with E-state index in [2.05, 4.69) is 15.3 Å². The van der Waals surface area contributed by atoms with Gasteiger partial charge in [-0.1, -0.05) is 54.1 Å². The molecule has 1 aromatic heterocycles. The van der Waals surface area contributed by atoms with Gasteiger partial charge in [-0.3, -0.25) is 0 Å². The molecular formula is C20H15ClN4O. The molecule has 26 heavy (non-hydrogen) atoms. The zero-order valence-corrected chi connectivity index (χ0v) is 14.4. The molecule has 4 aromatic rings. The quantitative estimate of drug-likeness (QED) is 0.508. The maximum atomic E-state index is 6.19. The molecule has 3 aromatic carbocycles. The van der Waals surface area contributed by atoms with E-state index in [1.807, 2.05) is 60.7 Å². The van der Waals surface area contributed by atoms with Gasteiger partial charge < -0.3 is 15.8 Å². The average molecular weight is 363 g/mol. The summed E-state index contributed by atoms with van der Waals surface area (Å²) in [6.45, 7) is 0. The first-order chi connectivity index (χ1) is 12.7. The van der Waals surface area contributed by atoms with Crippen LogP contribution in [0.5, 0.6) is 11.6 Å². The first-order valence-corrected chi connectivity index (χ1v) is 8.37. The Morgan fingerprint density at radius 1 is 0.885 bits per heavy atom. The molecule has 4 rings (SSSR count). The number of aromatic nitrogens is 2. The van der Waals surface area contributed by atoms with Crippen molar-refractivity contribution in [1.82, 2.24) is 9.97 Å². The molecule has 0 amide bonds. The van der Waals surface area contributed by atoms with Crippen LogP contribution in [0, 0.1) is 0 Å². The lowest BCUT2D eigenvalue weighted by Crippen LogP contribution is -2.03. The van der Waals surface area contributed by atoms with Gasteiger partial charge in [0.2, 0.25) is 5.88 Å². The fourth-order valence-corrected chi connectivity index (χ4v) is 2.78. The highest BCUT2D eigenvalue weighted by atomic mass is 35.5. The Kier molecular flexibility index (Phi) is 4.29. The van der Waals surface area contributed by atoms with Gasteiger partial charge in [0.15, 0.2) is 5.82 Å². The van der Waals surface area contributed by atoms with Crippen LogP contribution in [-0.2, 0) is 0 Å². The smallest absolute Gasteiger partial charge is 0.248 e. The summed E-state index contributed by atoms with van der Waals surface area (Å²) in [6, 6.07) is 21.2. The summed E-state index contributed by atoms with van der Waals surface area (Å²) >= 11 is 6.17. The second-order valence-electron chi connectivity index (χ2n) is 5.66. The zero-order valence-electron chi connectivity index (χ0n) is 13.7. The van der Waals surface area contributed by atoms with Crippen molar-refractivity contribution in [1.29, 1.82) is 0 Å². The van der Waals surface area contributed by atoms with Crippen LogP contribution in [0.2, 0.25) is 5.02 Å². The number of anilines is 3. The summed E-state index contributed by atoms with van der Waals surface area (Å²) in [5.74, 6) is 1.37. The third-order valence-electron chi connectivity index (χ3n) is 3.91. The number of benzene rings is 3. The molecule has 0 spiro atoms. The molecule has 0 fully saturated rings. The standard InChI is InChI=1S/C20H15ClN4O/c21-16-7-3-4-8-17(16)25-19-18(22)20(24-12-23-19)26-15-10-9-13-5-1-2-6-14(13)11-15/h1-12H,22H2,(H,23,24,25). The van der Waals surface area contributed by atoms with Gasteiger partial charge >= 0.3 is 0 Å². The van der Waals surface area contributed by atoms with Crippen LogP contribution in [0.4, 0.5) is 17.2 Å². The second-order valence-corrected chi connectivity index (χ2v) is 6.06. The fourth-order valence-electron chi connectivity index (χ4n) is 2.59. The van der Waals surface area contributed by atoms with Gasteiger partial charge in [-0.05, 0) is 35.0 Å². The van der Waals surface area contributed by atoms with Crippen molar-refractivity contribution in [2.45, 2.75) is 0 Å². The topological polar surface area (TPSA) is 73.1 Å². The Balaban J connectivity index is 1.63. The van der Waals surface area contributed by atoms with E-state index in [4.69, 9.17) is 22.1 Å². The fraction of sp³-hybridized carbons (Fsp3) is 0. The predicted molar refractivity (Wildman–Crippen MR) is 105 cm³/mol. The van der Waals surface area contributed by atoms with E-state index in [9.17, 15) is 0 Å². The molecule has 5 nitrogen and oxygen atoms in total. The van der Waals surface area contributed by atoms with Crippen molar-refractivity contribution >= 4 is 39.6 Å². The summed E-state index contributed by atoms with van der Waals surface area (Å²) in [5.41, 5.74) is 7.20. The number of nitrogen functional groups attached to an aromatic ring is 1. The molecule has 3 N–H and O–H groups in total. The third-order valence-corrected chi connectivity index (χ3v) is 4.24. The van der Waals surface area contributed by atoms with Crippen molar-refractivity contribution in [2.24, 2.45) is 0 Å². The molecular weight excluding hydrogens is 348 g/mol. The van der Waals surface area contributed by atoms with Crippen molar-refractivity contribution in [3.63, 3.8) is 0 Å². The highest BCUT2D eigenvalue weighted by Gasteiger charge is 2.12. The SMILES string of the molecule is Nc1c(Nc2ccccc2Cl)ncnc1Oc1ccc2ccccc2c1. The van der Waals surface area contributed by atoms with Gasteiger partial charge in [-0.25, -0.2) is 4.98 Å². The van der Waals surface area contributed by atoms with E-state index in [1.54, 1.807) is 6.07 Å². The number of fused-ring (bicyclic) bond motifs is 1. The Bertz CT molecular complexity index is 1080. The van der Waals surface area contributed by atoms with Gasteiger partial charge in [0.25, 0.3) is 0 Å². The van der Waals surface area contributed by atoms with Crippen molar-refractivity contribution in [3.05, 3.63) is 78.1 Å². The summed E-state index contributed by atoms with van der Waals surface area (Å²) in [7, 11) is 0. The summed E-state index contributed by atoms with van der Waals surface area (Å²) in [4.78, 5) is 8.33. The number of halogens is 1. The van der Waals surface area contributed by atoms with E-state index in [0.717, 1.165) is 10.8 Å². The molecule has 1 heterocycles. The number of ether oxygens (including phenoxy) is 1. The van der Waals surface area contributed by atoms with Crippen molar-refractivity contribution in [2.75, 3.05) is 11.1 Å². The Morgan fingerprint density at radius 2 is 1.65 bits per heavy atom. The number of para-hydroxylation sites is 1. The maximum Gasteiger partial charge on any atom is 0.248 e. The number of rotatable bonds is 4. The molecule has 0 aliphatic heterocycles. The van der Waals surface area contributed by atoms with Gasteiger partial charge in [-0.2, -0.15) is 4.98 Å². The lowest BCUT2D eigenvalue weighted by Gasteiger charge is -2.12. The Hall–Kier alpha value is -3.31. The van der Waals surface area contributed by atoms with Crippen molar-refractivity contribution in [3.8, 4) is 11.6 Å². The third kappa shape index (κ3) is 3.25. The van der Waals surface area contributed by atoms with Gasteiger partial charge in [0, 0.05) is 0 Å². The number of hydrogen-bond donors (Lipinski definition) is 2. The summed E-state index contributed by atoms with van der Waals surface area (Å²) in [5, 5.41) is 5.89. The van der Waals surface area contributed by atoms with Crippen LogP contribution in [0.15, 0.2) is 73.1 Å². The predicted octanol–water partition coefficient (Wildman–Crippen LogP) is 5.40. The molecule has 0 aliphatic rings. The normalized spacial score (nSPS) is 10.7. The highest BCUT2D eigenvalue weighted by Crippen LogP contribution is 2.33. The molecule has 0 bridgehead atoms. The largest absolute Gasteiger partial charge is 0.437 e. The number of nitrogens with two attached hydrogens (primary N) is 1. The van der Waals surface area contributed by atoms with Crippen LogP contribution in [0.1, 0.15) is 0 Å². The minimum Gasteiger partial charge on any atom is -0.437 e. The van der Waals surface area contributed by atoms with Crippen LogP contribution >= 0.6 is 11.6 Å². The van der Waals surface area contributed by atoms with Crippen LogP contribution in [0.25, 0.3) is 10.8 Å². The monoisotopic (exact) mass is 362 g/mol. The van der Waals surface area contributed by atoms with E-state index in [-0.39, 0.29) is 5.88 Å². The van der Waals surface area contributed by atoms with Crippen LogP contribution < -0.4 is 15.8 Å². The minimum atomic E-state index is 0.282. The first-order valence-electron chi connectivity index (χ1n) is 7.99. The minimum absolute atomic E-state index is 0.282. The van der Waals surface area contributed by atoms with E-state index in [0.29, 0.717) is 28.0 Å². The zero-order chi connectivity index (χ0) is 17.9. The van der Waals surface area contributed by atoms with Crippen LogP contribution in [-0.4, -0.2) is 9.97 Å². The molecule has 0 atom stereocenters. The van der Waals surface area contributed by atoms with E-state index >= 15 is 0 Å². The first kappa shape index (κ1) is 16.2.